The lowest BCUT2D eigenvalue weighted by molar-refractivity contribution is -0.144. The monoisotopic (exact) mass is 499 g/mol. The molecule has 4 atom stereocenters. The van der Waals surface area contributed by atoms with Crippen LogP contribution in [0.3, 0.4) is 0 Å². The zero-order chi connectivity index (χ0) is 26.5. The maximum absolute atomic E-state index is 13.9. The maximum atomic E-state index is 13.9. The molecule has 2 aliphatic rings. The molecule has 198 valence electrons. The number of rotatable bonds is 9. The standard InChI is InChI=1S/C28H41N3O5/c1-6-19-11-10-12-20(16-19)24(25(33)29-21-13-8-7-9-14-21)31(23-15-18(23)2)26(34)22(17-32)30-27(35)36-28(3,4)5/h6,10-12,16,18,21-24,32H,1,7-9,13-15,17H2,2-5H3,(H,29,33)(H,30,35). The van der Waals surface area contributed by atoms with Gasteiger partial charge < -0.3 is 25.4 Å². The van der Waals surface area contributed by atoms with E-state index in [-0.39, 0.29) is 23.9 Å². The summed E-state index contributed by atoms with van der Waals surface area (Å²) in [4.78, 5) is 41.7. The molecule has 0 bridgehead atoms. The van der Waals surface area contributed by atoms with Gasteiger partial charge in [-0.3, -0.25) is 9.59 Å². The van der Waals surface area contributed by atoms with Gasteiger partial charge in [0.2, 0.25) is 11.8 Å². The van der Waals surface area contributed by atoms with E-state index >= 15 is 0 Å². The van der Waals surface area contributed by atoms with Crippen molar-refractivity contribution in [2.75, 3.05) is 6.61 Å². The molecule has 0 heterocycles. The number of benzene rings is 1. The third-order valence-corrected chi connectivity index (χ3v) is 6.79. The molecular formula is C28H41N3O5. The minimum Gasteiger partial charge on any atom is -0.444 e. The second kappa shape index (κ2) is 11.9. The first-order valence-electron chi connectivity index (χ1n) is 13.0. The molecule has 8 nitrogen and oxygen atoms in total. The number of nitrogens with one attached hydrogen (secondary N) is 2. The van der Waals surface area contributed by atoms with Crippen LogP contribution in [0.5, 0.6) is 0 Å². The average Bonchev–Trinajstić information content (AvgIpc) is 3.55. The number of aliphatic hydroxyl groups excluding tert-OH is 1. The van der Waals surface area contributed by atoms with E-state index in [1.165, 1.54) is 0 Å². The van der Waals surface area contributed by atoms with E-state index in [1.807, 2.05) is 31.2 Å². The molecule has 2 saturated carbocycles. The van der Waals surface area contributed by atoms with E-state index in [0.717, 1.165) is 44.1 Å². The van der Waals surface area contributed by atoms with Gasteiger partial charge in [-0.15, -0.1) is 0 Å². The molecule has 8 heteroatoms. The molecule has 0 saturated heterocycles. The highest BCUT2D eigenvalue weighted by Gasteiger charge is 2.48. The van der Waals surface area contributed by atoms with Crippen LogP contribution in [0.15, 0.2) is 30.8 Å². The SMILES string of the molecule is C=Cc1cccc(C(C(=O)NC2CCCCC2)N(C(=O)C(CO)NC(=O)OC(C)(C)C)C2CC2C)c1. The summed E-state index contributed by atoms with van der Waals surface area (Å²) in [5.41, 5.74) is 0.748. The molecule has 4 unspecified atom stereocenters. The lowest BCUT2D eigenvalue weighted by Gasteiger charge is -2.36. The van der Waals surface area contributed by atoms with Crippen molar-refractivity contribution in [1.82, 2.24) is 15.5 Å². The summed E-state index contributed by atoms with van der Waals surface area (Å²) in [6.45, 7) is 10.4. The Morgan fingerprint density at radius 1 is 1.22 bits per heavy atom. The van der Waals surface area contributed by atoms with Crippen LogP contribution in [0.1, 0.15) is 83.4 Å². The Bertz CT molecular complexity index is 951. The summed E-state index contributed by atoms with van der Waals surface area (Å²) in [5.74, 6) is -0.558. The molecule has 0 spiro atoms. The Labute approximate surface area is 214 Å². The average molecular weight is 500 g/mol. The number of aliphatic hydroxyl groups is 1. The summed E-state index contributed by atoms with van der Waals surface area (Å²) in [7, 11) is 0. The predicted octanol–water partition coefficient (Wildman–Crippen LogP) is 3.94. The first kappa shape index (κ1) is 27.7. The minimum atomic E-state index is -1.24. The Hall–Kier alpha value is -2.87. The number of carbonyl (C=O) groups is 3. The van der Waals surface area contributed by atoms with Gasteiger partial charge in [0.1, 0.15) is 17.7 Å². The molecule has 3 rings (SSSR count). The fourth-order valence-electron chi connectivity index (χ4n) is 4.81. The van der Waals surface area contributed by atoms with E-state index in [9.17, 15) is 19.5 Å². The highest BCUT2D eigenvalue weighted by molar-refractivity contribution is 5.93. The molecule has 36 heavy (non-hydrogen) atoms. The number of ether oxygens (including phenoxy) is 1. The highest BCUT2D eigenvalue weighted by Crippen LogP contribution is 2.41. The fraction of sp³-hybridized carbons (Fsp3) is 0.607. The Morgan fingerprint density at radius 2 is 1.89 bits per heavy atom. The molecule has 2 fully saturated rings. The van der Waals surface area contributed by atoms with E-state index in [4.69, 9.17) is 4.74 Å². The third kappa shape index (κ3) is 7.32. The minimum absolute atomic E-state index is 0.0680. The van der Waals surface area contributed by atoms with Crippen LogP contribution in [0.2, 0.25) is 0 Å². The van der Waals surface area contributed by atoms with Crippen molar-refractivity contribution in [3.8, 4) is 0 Å². The van der Waals surface area contributed by atoms with Crippen molar-refractivity contribution < 1.29 is 24.2 Å². The van der Waals surface area contributed by atoms with Crippen LogP contribution in [0, 0.1) is 5.92 Å². The smallest absolute Gasteiger partial charge is 0.408 e. The van der Waals surface area contributed by atoms with Gasteiger partial charge in [0.25, 0.3) is 0 Å². The van der Waals surface area contributed by atoms with Gasteiger partial charge in [-0.05, 0) is 63.1 Å². The zero-order valence-corrected chi connectivity index (χ0v) is 22.0. The summed E-state index contributed by atoms with van der Waals surface area (Å²) < 4.78 is 5.30. The summed E-state index contributed by atoms with van der Waals surface area (Å²) >= 11 is 0. The van der Waals surface area contributed by atoms with Gasteiger partial charge in [0.05, 0.1) is 6.61 Å². The number of hydrogen-bond donors (Lipinski definition) is 3. The largest absolute Gasteiger partial charge is 0.444 e. The number of hydrogen-bond acceptors (Lipinski definition) is 5. The Kier molecular flexibility index (Phi) is 9.17. The molecule has 0 aromatic heterocycles. The van der Waals surface area contributed by atoms with Crippen molar-refractivity contribution in [3.05, 3.63) is 42.0 Å². The number of amides is 3. The van der Waals surface area contributed by atoms with Crippen LogP contribution in [0.25, 0.3) is 6.08 Å². The van der Waals surface area contributed by atoms with Gasteiger partial charge in [-0.2, -0.15) is 0 Å². The van der Waals surface area contributed by atoms with E-state index < -0.39 is 36.3 Å². The molecule has 0 radical (unpaired) electrons. The van der Waals surface area contributed by atoms with Gasteiger partial charge in [0, 0.05) is 12.1 Å². The lowest BCUT2D eigenvalue weighted by Crippen LogP contribution is -2.56. The van der Waals surface area contributed by atoms with Crippen LogP contribution < -0.4 is 10.6 Å². The zero-order valence-electron chi connectivity index (χ0n) is 22.0. The molecule has 0 aliphatic heterocycles. The molecule has 3 amide bonds. The molecule has 1 aromatic carbocycles. The Balaban J connectivity index is 1.94. The second-order valence-corrected chi connectivity index (χ2v) is 11.0. The van der Waals surface area contributed by atoms with Crippen molar-refractivity contribution in [1.29, 1.82) is 0 Å². The topological polar surface area (TPSA) is 108 Å². The first-order valence-corrected chi connectivity index (χ1v) is 13.0. The molecule has 3 N–H and O–H groups in total. The summed E-state index contributed by atoms with van der Waals surface area (Å²) in [6, 6.07) is 5.18. The van der Waals surface area contributed by atoms with Gasteiger partial charge >= 0.3 is 6.09 Å². The number of alkyl carbamates (subject to hydrolysis) is 1. The van der Waals surface area contributed by atoms with Crippen molar-refractivity contribution >= 4 is 24.0 Å². The summed E-state index contributed by atoms with van der Waals surface area (Å²) in [6.07, 6.45) is 6.77. The van der Waals surface area contributed by atoms with Crippen molar-refractivity contribution in [2.45, 2.75) is 96.0 Å². The molecule has 1 aromatic rings. The Morgan fingerprint density at radius 3 is 2.44 bits per heavy atom. The number of carbonyl (C=O) groups excluding carboxylic acids is 3. The second-order valence-electron chi connectivity index (χ2n) is 11.0. The lowest BCUT2D eigenvalue weighted by atomic mass is 9.94. The predicted molar refractivity (Wildman–Crippen MR) is 139 cm³/mol. The van der Waals surface area contributed by atoms with Crippen LogP contribution in [0.4, 0.5) is 4.79 Å². The highest BCUT2D eigenvalue weighted by atomic mass is 16.6. The van der Waals surface area contributed by atoms with E-state index in [2.05, 4.69) is 17.2 Å². The van der Waals surface area contributed by atoms with Gasteiger partial charge in [-0.25, -0.2) is 4.79 Å². The maximum Gasteiger partial charge on any atom is 0.408 e. The van der Waals surface area contributed by atoms with Crippen LogP contribution in [-0.4, -0.2) is 58.2 Å². The fourth-order valence-corrected chi connectivity index (χ4v) is 4.81. The normalized spacial score (nSPS) is 21.6. The quantitative estimate of drug-likeness (QED) is 0.477. The van der Waals surface area contributed by atoms with Gasteiger partial charge in [0.15, 0.2) is 0 Å². The van der Waals surface area contributed by atoms with Crippen LogP contribution >= 0.6 is 0 Å². The van der Waals surface area contributed by atoms with Crippen molar-refractivity contribution in [3.63, 3.8) is 0 Å². The van der Waals surface area contributed by atoms with Crippen LogP contribution in [-0.2, 0) is 14.3 Å². The summed E-state index contributed by atoms with van der Waals surface area (Å²) in [5, 5.41) is 15.7. The third-order valence-electron chi connectivity index (χ3n) is 6.79. The van der Waals surface area contributed by atoms with E-state index in [0.29, 0.717) is 5.56 Å². The first-order chi connectivity index (χ1) is 17.0. The van der Waals surface area contributed by atoms with E-state index in [1.54, 1.807) is 31.7 Å². The number of nitrogens with zero attached hydrogens (tertiary/aromatic N) is 1. The van der Waals surface area contributed by atoms with Crippen molar-refractivity contribution in [2.24, 2.45) is 5.92 Å². The van der Waals surface area contributed by atoms with Gasteiger partial charge in [-0.1, -0.05) is 57.0 Å². The molecule has 2 aliphatic carbocycles. The molecular weight excluding hydrogens is 458 g/mol.